The Hall–Kier alpha value is -0.120. The molecule has 2 saturated heterocycles. The first kappa shape index (κ1) is 15.3. The number of ether oxygens (including phenoxy) is 3. The van der Waals surface area contributed by atoms with Gasteiger partial charge in [0.25, 0.3) is 0 Å². The predicted octanol–water partition coefficient (Wildman–Crippen LogP) is 4.40. The first-order chi connectivity index (χ1) is 9.24. The molecule has 2 atom stereocenters. The molecule has 0 amide bonds. The molecule has 0 aromatic rings. The van der Waals surface area contributed by atoms with Gasteiger partial charge >= 0.3 is 0 Å². The van der Waals surface area contributed by atoms with Crippen LogP contribution in [0.2, 0.25) is 0 Å². The molecule has 0 aromatic heterocycles. The number of unbranched alkanes of at least 4 members (excludes halogenated alkanes) is 4. The summed E-state index contributed by atoms with van der Waals surface area (Å²) < 4.78 is 17.9. The van der Waals surface area contributed by atoms with Gasteiger partial charge in [0.15, 0.2) is 11.6 Å². The van der Waals surface area contributed by atoms with Crippen molar-refractivity contribution in [2.45, 2.75) is 89.6 Å². The van der Waals surface area contributed by atoms with Gasteiger partial charge in [0, 0.05) is 25.7 Å². The monoisotopic (exact) mass is 270 g/mol. The van der Waals surface area contributed by atoms with Crippen LogP contribution in [0.1, 0.15) is 78.1 Å². The third kappa shape index (κ3) is 3.93. The number of hydrogen-bond donors (Lipinski definition) is 0. The van der Waals surface area contributed by atoms with Gasteiger partial charge in [-0.15, -0.1) is 0 Å². The average molecular weight is 270 g/mol. The summed E-state index contributed by atoms with van der Waals surface area (Å²) >= 11 is 0. The highest BCUT2D eigenvalue weighted by Gasteiger charge is 2.50. The highest BCUT2D eigenvalue weighted by Crippen LogP contribution is 2.43. The zero-order chi connectivity index (χ0) is 13.6. The number of rotatable bonds is 10. The van der Waals surface area contributed by atoms with E-state index >= 15 is 0 Å². The molecule has 0 radical (unpaired) electrons. The van der Waals surface area contributed by atoms with E-state index in [0.29, 0.717) is 0 Å². The van der Waals surface area contributed by atoms with Crippen LogP contribution in [-0.2, 0) is 14.2 Å². The summed E-state index contributed by atoms with van der Waals surface area (Å²) in [5, 5.41) is 0. The zero-order valence-corrected chi connectivity index (χ0v) is 12.7. The molecule has 2 heterocycles. The van der Waals surface area contributed by atoms with Crippen LogP contribution in [0.4, 0.5) is 0 Å². The fraction of sp³-hybridized carbons (Fsp3) is 1.00. The fourth-order valence-corrected chi connectivity index (χ4v) is 2.94. The summed E-state index contributed by atoms with van der Waals surface area (Å²) in [5.74, 6) is -0.635. The maximum absolute atomic E-state index is 6.35. The van der Waals surface area contributed by atoms with Crippen LogP contribution in [0.15, 0.2) is 0 Å². The highest BCUT2D eigenvalue weighted by atomic mass is 16.8. The van der Waals surface area contributed by atoms with Gasteiger partial charge < -0.3 is 14.2 Å². The standard InChI is InChI=1S/C16H30O3/c1-3-5-7-9-15(11-13-17-15)19-16(12-14-18-16)10-8-6-4-2/h3-14H2,1-2H3. The molecular formula is C16H30O3. The lowest BCUT2D eigenvalue weighted by Gasteiger charge is -2.51. The van der Waals surface area contributed by atoms with Crippen molar-refractivity contribution in [3.05, 3.63) is 0 Å². The summed E-state index contributed by atoms with van der Waals surface area (Å²) in [6.45, 7) is 6.15. The minimum absolute atomic E-state index is 0.318. The van der Waals surface area contributed by atoms with E-state index in [4.69, 9.17) is 14.2 Å². The maximum Gasteiger partial charge on any atom is 0.173 e. The molecule has 2 aliphatic rings. The molecule has 3 nitrogen and oxygen atoms in total. The van der Waals surface area contributed by atoms with E-state index < -0.39 is 0 Å². The molecular weight excluding hydrogens is 240 g/mol. The minimum Gasteiger partial charge on any atom is -0.349 e. The quantitative estimate of drug-likeness (QED) is 0.551. The van der Waals surface area contributed by atoms with Crippen molar-refractivity contribution in [2.75, 3.05) is 13.2 Å². The summed E-state index contributed by atoms with van der Waals surface area (Å²) in [4.78, 5) is 0. The largest absolute Gasteiger partial charge is 0.349 e. The highest BCUT2D eigenvalue weighted by molar-refractivity contribution is 4.86. The van der Waals surface area contributed by atoms with Crippen LogP contribution in [-0.4, -0.2) is 24.8 Å². The number of hydrogen-bond acceptors (Lipinski definition) is 3. The average Bonchev–Trinajstić information content (AvgIpc) is 2.32. The third-order valence-electron chi connectivity index (χ3n) is 4.39. The van der Waals surface area contributed by atoms with E-state index in [2.05, 4.69) is 13.8 Å². The van der Waals surface area contributed by atoms with E-state index in [1.54, 1.807) is 0 Å². The van der Waals surface area contributed by atoms with Crippen LogP contribution >= 0.6 is 0 Å². The molecule has 0 aliphatic carbocycles. The molecule has 19 heavy (non-hydrogen) atoms. The summed E-state index contributed by atoms with van der Waals surface area (Å²) in [7, 11) is 0. The van der Waals surface area contributed by atoms with Gasteiger partial charge in [-0.25, -0.2) is 0 Å². The lowest BCUT2D eigenvalue weighted by Crippen LogP contribution is -2.57. The van der Waals surface area contributed by atoms with Gasteiger partial charge in [-0.1, -0.05) is 39.5 Å². The van der Waals surface area contributed by atoms with E-state index in [1.165, 1.54) is 38.5 Å². The lowest BCUT2D eigenvalue weighted by atomic mass is 9.96. The van der Waals surface area contributed by atoms with Crippen molar-refractivity contribution in [2.24, 2.45) is 0 Å². The first-order valence-corrected chi connectivity index (χ1v) is 8.22. The normalized spacial score (nSPS) is 33.8. The predicted molar refractivity (Wildman–Crippen MR) is 76.0 cm³/mol. The van der Waals surface area contributed by atoms with Gasteiger partial charge in [-0.3, -0.25) is 0 Å². The molecule has 2 fully saturated rings. The van der Waals surface area contributed by atoms with Crippen molar-refractivity contribution in [3.63, 3.8) is 0 Å². The molecule has 2 rings (SSSR count). The zero-order valence-electron chi connectivity index (χ0n) is 12.7. The van der Waals surface area contributed by atoms with Gasteiger partial charge in [-0.2, -0.15) is 0 Å². The second-order valence-electron chi connectivity index (χ2n) is 6.03. The van der Waals surface area contributed by atoms with Gasteiger partial charge in [0.05, 0.1) is 13.2 Å². The van der Waals surface area contributed by atoms with Crippen LogP contribution in [0.25, 0.3) is 0 Å². The van der Waals surface area contributed by atoms with Crippen molar-refractivity contribution < 1.29 is 14.2 Å². The van der Waals surface area contributed by atoms with E-state index in [9.17, 15) is 0 Å². The third-order valence-corrected chi connectivity index (χ3v) is 4.39. The Morgan fingerprint density at radius 2 is 1.21 bits per heavy atom. The van der Waals surface area contributed by atoms with Crippen molar-refractivity contribution >= 4 is 0 Å². The molecule has 0 N–H and O–H groups in total. The van der Waals surface area contributed by atoms with Crippen molar-refractivity contribution in [3.8, 4) is 0 Å². The van der Waals surface area contributed by atoms with Crippen molar-refractivity contribution in [1.29, 1.82) is 0 Å². The van der Waals surface area contributed by atoms with Gasteiger partial charge in [0.2, 0.25) is 0 Å². The van der Waals surface area contributed by atoms with Gasteiger partial charge in [0.1, 0.15) is 0 Å². The molecule has 3 heteroatoms. The van der Waals surface area contributed by atoms with Gasteiger partial charge in [-0.05, 0) is 12.8 Å². The smallest absolute Gasteiger partial charge is 0.173 e. The Kier molecular flexibility index (Phi) is 5.67. The van der Waals surface area contributed by atoms with E-state index in [0.717, 1.165) is 38.9 Å². The fourth-order valence-electron chi connectivity index (χ4n) is 2.94. The Morgan fingerprint density at radius 1 is 0.789 bits per heavy atom. The Balaban J connectivity index is 1.81. The van der Waals surface area contributed by atoms with E-state index in [1.807, 2.05) is 0 Å². The summed E-state index contributed by atoms with van der Waals surface area (Å²) in [6, 6.07) is 0. The van der Waals surface area contributed by atoms with E-state index in [-0.39, 0.29) is 11.6 Å². The SMILES string of the molecule is CCCCCC1(OC2(CCCCC)CCO2)CCO1. The van der Waals surface area contributed by atoms with Crippen LogP contribution in [0.3, 0.4) is 0 Å². The molecule has 2 aliphatic heterocycles. The molecule has 0 spiro atoms. The molecule has 112 valence electrons. The minimum atomic E-state index is -0.318. The molecule has 0 saturated carbocycles. The summed E-state index contributed by atoms with van der Waals surface area (Å²) in [5.41, 5.74) is 0. The topological polar surface area (TPSA) is 27.7 Å². The Bertz CT molecular complexity index is 231. The first-order valence-electron chi connectivity index (χ1n) is 8.22. The van der Waals surface area contributed by atoms with Crippen LogP contribution in [0.5, 0.6) is 0 Å². The summed E-state index contributed by atoms with van der Waals surface area (Å²) in [6.07, 6.45) is 11.5. The Morgan fingerprint density at radius 3 is 1.47 bits per heavy atom. The second-order valence-corrected chi connectivity index (χ2v) is 6.03. The lowest BCUT2D eigenvalue weighted by molar-refractivity contribution is -0.432. The maximum atomic E-state index is 6.35. The van der Waals surface area contributed by atoms with Crippen LogP contribution < -0.4 is 0 Å². The van der Waals surface area contributed by atoms with Crippen LogP contribution in [0, 0.1) is 0 Å². The molecule has 0 aromatic carbocycles. The second kappa shape index (κ2) is 7.05. The van der Waals surface area contributed by atoms with Crippen molar-refractivity contribution in [1.82, 2.24) is 0 Å². The Labute approximate surface area is 118 Å². The molecule has 0 bridgehead atoms. The molecule has 2 unspecified atom stereocenters.